The Bertz CT molecular complexity index is 3120. The smallest absolute Gasteiger partial charge is 0.161 e. The normalized spacial score (nSPS) is 12.0. The lowest BCUT2D eigenvalue weighted by atomic mass is 9.93. The molecule has 5 heteroatoms. The molecular weight excluding hydrogens is 701 g/mol. The first-order valence-corrected chi connectivity index (χ1v) is 19.5. The van der Waals surface area contributed by atoms with Crippen molar-refractivity contribution >= 4 is 71.2 Å². The Labute approximate surface area is 328 Å². The topological polar surface area (TPSA) is 53.5 Å². The lowest BCUT2D eigenvalue weighted by Crippen LogP contribution is -2.06. The number of thiophene rings is 1. The van der Waals surface area contributed by atoms with Crippen LogP contribution in [-0.2, 0) is 0 Å². The molecule has 264 valence electrons. The van der Waals surface area contributed by atoms with Gasteiger partial charge in [-0.25, -0.2) is 9.98 Å². The highest BCUT2D eigenvalue weighted by Crippen LogP contribution is 2.44. The van der Waals surface area contributed by atoms with Crippen LogP contribution >= 0.6 is 11.3 Å². The van der Waals surface area contributed by atoms with Gasteiger partial charge in [0.25, 0.3) is 0 Å². The molecule has 8 aromatic carbocycles. The summed E-state index contributed by atoms with van der Waals surface area (Å²) in [6, 6.07) is 67.2. The Morgan fingerprint density at radius 2 is 1.18 bits per heavy atom. The van der Waals surface area contributed by atoms with E-state index in [0.29, 0.717) is 5.84 Å². The van der Waals surface area contributed by atoms with Crippen LogP contribution in [0.1, 0.15) is 16.7 Å². The van der Waals surface area contributed by atoms with Crippen LogP contribution < -0.4 is 0 Å². The number of benzene rings is 8. The Morgan fingerprint density at radius 3 is 1.96 bits per heavy atom. The van der Waals surface area contributed by atoms with Gasteiger partial charge in [-0.1, -0.05) is 146 Å². The maximum atomic E-state index is 9.63. The highest BCUT2D eigenvalue weighted by molar-refractivity contribution is 7.26. The van der Waals surface area contributed by atoms with Crippen LogP contribution in [0.2, 0.25) is 0 Å². The van der Waals surface area contributed by atoms with E-state index in [9.17, 15) is 5.41 Å². The average Bonchev–Trinajstić information content (AvgIpc) is 3.81. The second-order valence-corrected chi connectivity index (χ2v) is 14.9. The summed E-state index contributed by atoms with van der Waals surface area (Å²) in [6.07, 6.45) is 1.81. The molecule has 10 aromatic rings. The number of nitrogens with zero attached hydrogens (tertiary/aromatic N) is 3. The Hall–Kier alpha value is -7.21. The molecule has 0 unspecified atom stereocenters. The highest BCUT2D eigenvalue weighted by atomic mass is 32.1. The zero-order valence-electron chi connectivity index (χ0n) is 30.3. The molecule has 1 N–H and O–H groups in total. The van der Waals surface area contributed by atoms with E-state index < -0.39 is 0 Å². The fourth-order valence-corrected chi connectivity index (χ4v) is 8.84. The maximum Gasteiger partial charge on any atom is 0.161 e. The third kappa shape index (κ3) is 6.01. The van der Waals surface area contributed by atoms with Crippen molar-refractivity contribution in [1.29, 1.82) is 5.41 Å². The number of rotatable bonds is 6. The Morgan fingerprint density at radius 1 is 0.518 bits per heavy atom. The zero-order chi connectivity index (χ0) is 37.4. The number of amidine groups is 2. The minimum absolute atomic E-state index is 0.144. The molecule has 0 amide bonds. The van der Waals surface area contributed by atoms with E-state index >= 15 is 0 Å². The van der Waals surface area contributed by atoms with E-state index in [1.54, 1.807) is 0 Å². The van der Waals surface area contributed by atoms with E-state index in [4.69, 9.17) is 9.98 Å². The van der Waals surface area contributed by atoms with Crippen LogP contribution in [-0.4, -0.2) is 22.5 Å². The Kier molecular flexibility index (Phi) is 8.47. The zero-order valence-corrected chi connectivity index (χ0v) is 31.1. The lowest BCUT2D eigenvalue weighted by Gasteiger charge is -2.13. The lowest BCUT2D eigenvalue weighted by molar-refractivity contribution is 1.18. The van der Waals surface area contributed by atoms with Crippen LogP contribution in [0.25, 0.3) is 69.9 Å². The quantitative estimate of drug-likeness (QED) is 0.131. The highest BCUT2D eigenvalue weighted by Gasteiger charge is 2.19. The summed E-state index contributed by atoms with van der Waals surface area (Å²) < 4.78 is 4.85. The first-order valence-electron chi connectivity index (χ1n) is 18.7. The first-order chi connectivity index (χ1) is 27.7. The van der Waals surface area contributed by atoms with Gasteiger partial charge in [0.1, 0.15) is 0 Å². The molecule has 0 bridgehead atoms. The summed E-state index contributed by atoms with van der Waals surface area (Å²) in [5.41, 5.74) is 10.1. The van der Waals surface area contributed by atoms with Crippen molar-refractivity contribution < 1.29 is 0 Å². The van der Waals surface area contributed by atoms with Crippen LogP contribution in [0.15, 0.2) is 204 Å². The first kappa shape index (κ1) is 33.4. The molecule has 0 aliphatic carbocycles. The number of aromatic nitrogens is 1. The van der Waals surface area contributed by atoms with Crippen molar-refractivity contribution in [2.24, 2.45) is 9.98 Å². The van der Waals surface area contributed by atoms with Crippen LogP contribution in [0.3, 0.4) is 0 Å². The molecular formula is C51H34N4S. The van der Waals surface area contributed by atoms with Crippen molar-refractivity contribution in [3.8, 4) is 27.9 Å². The summed E-state index contributed by atoms with van der Waals surface area (Å²) in [5, 5.41) is 14.6. The number of nitrogens with one attached hydrogen (secondary N) is 1. The van der Waals surface area contributed by atoms with Crippen LogP contribution in [0.4, 0.5) is 0 Å². The maximum absolute atomic E-state index is 9.63. The van der Waals surface area contributed by atoms with Crippen molar-refractivity contribution in [3.63, 3.8) is 0 Å². The molecule has 4 nitrogen and oxygen atoms in total. The van der Waals surface area contributed by atoms with Gasteiger partial charge in [0.2, 0.25) is 0 Å². The number of hydrogen-bond acceptors (Lipinski definition) is 2. The average molecular weight is 735 g/mol. The standard InChI is InChI=1S/C51H34N4S/c52-50(54-51(36-19-9-3-10-20-36)53-33-34-15-5-1-6-16-34)42-31-37(35-17-7-2-8-18-35)25-27-40(42)38-26-29-46-43(32-38)49-47(56-46)30-28-45-48(49)41-23-13-14-24-44(41)55(45)39-21-11-4-12-22-39/h1-33,52H. The van der Waals surface area contributed by atoms with Crippen molar-refractivity contribution in [1.82, 2.24) is 4.57 Å². The molecule has 0 saturated heterocycles. The van der Waals surface area contributed by atoms with Crippen LogP contribution in [0, 0.1) is 5.41 Å². The fraction of sp³-hybridized carbons (Fsp3) is 0. The second kappa shape index (κ2) is 14.2. The largest absolute Gasteiger partial charge is 0.309 e. The van der Waals surface area contributed by atoms with E-state index in [1.807, 2.05) is 96.4 Å². The summed E-state index contributed by atoms with van der Waals surface area (Å²) in [5.74, 6) is 0.623. The monoisotopic (exact) mass is 734 g/mol. The molecule has 0 atom stereocenters. The second-order valence-electron chi connectivity index (χ2n) is 13.8. The van der Waals surface area contributed by atoms with Crippen molar-refractivity contribution in [2.45, 2.75) is 0 Å². The van der Waals surface area contributed by atoms with Gasteiger partial charge in [-0.2, -0.15) is 0 Å². The molecule has 10 rings (SSSR count). The fourth-order valence-electron chi connectivity index (χ4n) is 7.75. The predicted molar refractivity (Wildman–Crippen MR) is 238 cm³/mol. The van der Waals surface area contributed by atoms with Crippen molar-refractivity contribution in [3.05, 3.63) is 211 Å². The molecule has 0 spiro atoms. The Balaban J connectivity index is 1.17. The van der Waals surface area contributed by atoms with Gasteiger partial charge in [0, 0.05) is 54.0 Å². The van der Waals surface area contributed by atoms with Gasteiger partial charge in [-0.15, -0.1) is 11.3 Å². The summed E-state index contributed by atoms with van der Waals surface area (Å²) in [4.78, 5) is 9.81. The molecule has 0 saturated carbocycles. The van der Waals surface area contributed by atoms with Crippen LogP contribution in [0.5, 0.6) is 0 Å². The van der Waals surface area contributed by atoms with Gasteiger partial charge in [-0.3, -0.25) is 5.41 Å². The third-order valence-corrected chi connectivity index (χ3v) is 11.5. The summed E-state index contributed by atoms with van der Waals surface area (Å²) in [7, 11) is 0. The van der Waals surface area contributed by atoms with Gasteiger partial charge in [-0.05, 0) is 76.3 Å². The minimum Gasteiger partial charge on any atom is -0.309 e. The molecule has 0 aliphatic rings. The number of aliphatic imine (C=N–C) groups is 2. The van der Waals surface area contributed by atoms with Gasteiger partial charge >= 0.3 is 0 Å². The molecule has 2 aromatic heterocycles. The number of fused-ring (bicyclic) bond motifs is 7. The molecule has 0 radical (unpaired) electrons. The van der Waals surface area contributed by atoms with E-state index in [1.165, 1.54) is 42.0 Å². The summed E-state index contributed by atoms with van der Waals surface area (Å²) >= 11 is 1.82. The van der Waals surface area contributed by atoms with E-state index in [2.05, 4.69) is 120 Å². The number of hydrogen-bond donors (Lipinski definition) is 1. The van der Waals surface area contributed by atoms with Gasteiger partial charge in [0.05, 0.1) is 11.0 Å². The van der Waals surface area contributed by atoms with E-state index in [0.717, 1.165) is 44.6 Å². The predicted octanol–water partition coefficient (Wildman–Crippen LogP) is 13.4. The SMILES string of the molecule is N=C(N=C(N=Cc1ccccc1)c1ccccc1)c1cc(-c2ccccc2)ccc1-c1ccc2sc3ccc4c(c5ccccc5n4-c4ccccc4)c3c2c1. The molecule has 56 heavy (non-hydrogen) atoms. The van der Waals surface area contributed by atoms with Crippen molar-refractivity contribution in [2.75, 3.05) is 0 Å². The van der Waals surface area contributed by atoms with E-state index in [-0.39, 0.29) is 5.84 Å². The third-order valence-electron chi connectivity index (χ3n) is 10.4. The molecule has 2 heterocycles. The van der Waals surface area contributed by atoms with Gasteiger partial charge in [0.15, 0.2) is 11.7 Å². The molecule has 0 aliphatic heterocycles. The molecule has 0 fully saturated rings. The number of para-hydroxylation sites is 2. The van der Waals surface area contributed by atoms with Gasteiger partial charge < -0.3 is 4.57 Å². The summed E-state index contributed by atoms with van der Waals surface area (Å²) in [6.45, 7) is 0. The minimum atomic E-state index is 0.144.